The van der Waals surface area contributed by atoms with Crippen molar-refractivity contribution < 1.29 is 0 Å². The van der Waals surface area contributed by atoms with Crippen LogP contribution < -0.4 is 5.73 Å². The number of nitrogens with zero attached hydrogens (tertiary/aromatic N) is 1. The molecule has 1 saturated carbocycles. The van der Waals surface area contributed by atoms with Crippen molar-refractivity contribution in [2.24, 2.45) is 17.1 Å². The van der Waals surface area contributed by atoms with E-state index in [0.29, 0.717) is 0 Å². The summed E-state index contributed by atoms with van der Waals surface area (Å²) in [4.78, 5) is 2.60. The van der Waals surface area contributed by atoms with Crippen molar-refractivity contribution in [2.45, 2.75) is 40.0 Å². The minimum Gasteiger partial charge on any atom is -0.330 e. The first-order valence-electron chi connectivity index (χ1n) is 6.00. The van der Waals surface area contributed by atoms with Crippen LogP contribution in [-0.4, -0.2) is 31.1 Å². The van der Waals surface area contributed by atoms with Crippen LogP contribution in [0.15, 0.2) is 0 Å². The van der Waals surface area contributed by atoms with Crippen LogP contribution >= 0.6 is 0 Å². The van der Waals surface area contributed by atoms with E-state index in [1.54, 1.807) is 0 Å². The molecule has 0 atom stereocenters. The molecule has 0 spiro atoms. The van der Waals surface area contributed by atoms with Gasteiger partial charge in [0.05, 0.1) is 0 Å². The van der Waals surface area contributed by atoms with E-state index in [2.05, 4.69) is 25.7 Å². The van der Waals surface area contributed by atoms with Gasteiger partial charge in [0, 0.05) is 13.1 Å². The van der Waals surface area contributed by atoms with Gasteiger partial charge < -0.3 is 10.6 Å². The maximum absolute atomic E-state index is 5.77. The Kier molecular flexibility index (Phi) is 4.39. The second-order valence-electron chi connectivity index (χ2n) is 5.55. The molecule has 14 heavy (non-hydrogen) atoms. The average Bonchev–Trinajstić information content (AvgIpc) is 2.88. The average molecular weight is 198 g/mol. The summed E-state index contributed by atoms with van der Waals surface area (Å²) in [7, 11) is 0. The van der Waals surface area contributed by atoms with Gasteiger partial charge in [-0.25, -0.2) is 0 Å². The predicted molar refractivity (Wildman–Crippen MR) is 62.3 cm³/mol. The lowest BCUT2D eigenvalue weighted by Crippen LogP contribution is -2.40. The molecule has 0 unspecified atom stereocenters. The van der Waals surface area contributed by atoms with Crippen LogP contribution in [0.1, 0.15) is 40.0 Å². The highest BCUT2D eigenvalue weighted by molar-refractivity contribution is 4.81. The van der Waals surface area contributed by atoms with Gasteiger partial charge in [-0.15, -0.1) is 0 Å². The van der Waals surface area contributed by atoms with Crippen LogP contribution in [0.2, 0.25) is 0 Å². The van der Waals surface area contributed by atoms with Crippen molar-refractivity contribution in [3.8, 4) is 0 Å². The van der Waals surface area contributed by atoms with Gasteiger partial charge in [0.15, 0.2) is 0 Å². The Morgan fingerprint density at radius 1 is 1.36 bits per heavy atom. The number of hydrogen-bond acceptors (Lipinski definition) is 2. The predicted octanol–water partition coefficient (Wildman–Crippen LogP) is 2.09. The number of rotatable bonds is 7. The maximum atomic E-state index is 5.77. The van der Waals surface area contributed by atoms with Crippen LogP contribution in [0.3, 0.4) is 0 Å². The zero-order chi connectivity index (χ0) is 10.6. The van der Waals surface area contributed by atoms with E-state index < -0.39 is 0 Å². The third-order valence-corrected chi connectivity index (χ3v) is 2.96. The highest BCUT2D eigenvalue weighted by Gasteiger charge is 2.27. The fourth-order valence-electron chi connectivity index (χ4n) is 1.89. The number of hydrogen-bond donors (Lipinski definition) is 1. The first-order valence-corrected chi connectivity index (χ1v) is 6.00. The quantitative estimate of drug-likeness (QED) is 0.679. The molecule has 2 N–H and O–H groups in total. The van der Waals surface area contributed by atoms with Gasteiger partial charge in [0.25, 0.3) is 0 Å². The Morgan fingerprint density at radius 3 is 2.43 bits per heavy atom. The summed E-state index contributed by atoms with van der Waals surface area (Å²) in [6.07, 6.45) is 4.15. The molecule has 2 heteroatoms. The van der Waals surface area contributed by atoms with Crippen LogP contribution in [0.25, 0.3) is 0 Å². The summed E-state index contributed by atoms with van der Waals surface area (Å²) in [6, 6.07) is 0. The Morgan fingerprint density at radius 2 is 2.00 bits per heavy atom. The molecule has 1 aliphatic rings. The van der Waals surface area contributed by atoms with E-state index in [9.17, 15) is 0 Å². The van der Waals surface area contributed by atoms with Crippen LogP contribution in [0.5, 0.6) is 0 Å². The summed E-state index contributed by atoms with van der Waals surface area (Å²) >= 11 is 0. The Balaban J connectivity index is 2.32. The Hall–Kier alpha value is -0.0800. The summed E-state index contributed by atoms with van der Waals surface area (Å²) < 4.78 is 0. The van der Waals surface area contributed by atoms with E-state index in [-0.39, 0.29) is 5.41 Å². The third-order valence-electron chi connectivity index (χ3n) is 2.96. The van der Waals surface area contributed by atoms with Gasteiger partial charge in [0.1, 0.15) is 0 Å². The Bertz CT molecular complexity index is 162. The van der Waals surface area contributed by atoms with Gasteiger partial charge in [-0.3, -0.25) is 0 Å². The molecule has 0 heterocycles. The normalized spacial score (nSPS) is 17.8. The second-order valence-corrected chi connectivity index (χ2v) is 5.55. The molecule has 1 aliphatic carbocycles. The summed E-state index contributed by atoms with van der Waals surface area (Å²) in [5, 5.41) is 0. The molecule has 1 fully saturated rings. The van der Waals surface area contributed by atoms with Crippen molar-refractivity contribution in [1.29, 1.82) is 0 Å². The van der Waals surface area contributed by atoms with Gasteiger partial charge in [0.2, 0.25) is 0 Å². The molecule has 0 saturated heterocycles. The molecule has 0 aromatic carbocycles. The van der Waals surface area contributed by atoms with Crippen molar-refractivity contribution in [2.75, 3.05) is 26.2 Å². The van der Waals surface area contributed by atoms with Crippen molar-refractivity contribution >= 4 is 0 Å². The van der Waals surface area contributed by atoms with Crippen molar-refractivity contribution in [1.82, 2.24) is 4.90 Å². The molecule has 0 amide bonds. The third kappa shape index (κ3) is 4.43. The first kappa shape index (κ1) is 12.0. The first-order chi connectivity index (χ1) is 6.57. The van der Waals surface area contributed by atoms with E-state index in [1.165, 1.54) is 32.4 Å². The zero-order valence-electron chi connectivity index (χ0n) is 10.1. The maximum Gasteiger partial charge on any atom is 0.00449 e. The minimum absolute atomic E-state index is 0.282. The van der Waals surface area contributed by atoms with Crippen LogP contribution in [0, 0.1) is 11.3 Å². The van der Waals surface area contributed by atoms with E-state index in [4.69, 9.17) is 5.73 Å². The smallest absolute Gasteiger partial charge is 0.00449 e. The fraction of sp³-hybridized carbons (Fsp3) is 1.00. The molecule has 0 aliphatic heterocycles. The zero-order valence-corrected chi connectivity index (χ0v) is 10.1. The lowest BCUT2D eigenvalue weighted by Gasteiger charge is -2.31. The highest BCUT2D eigenvalue weighted by Crippen LogP contribution is 2.30. The molecule has 0 aromatic rings. The monoisotopic (exact) mass is 198 g/mol. The molecule has 0 aromatic heterocycles. The standard InChI is InChI=1S/C12H26N2/c1-4-7-14(8-11-5-6-11)10-12(2,3)9-13/h11H,4-10,13H2,1-3H3. The highest BCUT2D eigenvalue weighted by atomic mass is 15.1. The van der Waals surface area contributed by atoms with Gasteiger partial charge >= 0.3 is 0 Å². The van der Waals surface area contributed by atoms with Gasteiger partial charge in [-0.05, 0) is 43.7 Å². The van der Waals surface area contributed by atoms with E-state index in [0.717, 1.165) is 19.0 Å². The van der Waals surface area contributed by atoms with Gasteiger partial charge in [-0.2, -0.15) is 0 Å². The molecule has 0 radical (unpaired) electrons. The summed E-state index contributed by atoms with van der Waals surface area (Å²) in [5.74, 6) is 0.995. The molecule has 0 bridgehead atoms. The fourth-order valence-corrected chi connectivity index (χ4v) is 1.89. The topological polar surface area (TPSA) is 29.3 Å². The Labute approximate surface area is 88.8 Å². The number of nitrogens with two attached hydrogens (primary N) is 1. The van der Waals surface area contributed by atoms with Gasteiger partial charge in [-0.1, -0.05) is 20.8 Å². The van der Waals surface area contributed by atoms with Crippen LogP contribution in [-0.2, 0) is 0 Å². The van der Waals surface area contributed by atoms with Crippen LogP contribution in [0.4, 0.5) is 0 Å². The SMILES string of the molecule is CCCN(CC1CC1)CC(C)(C)CN. The minimum atomic E-state index is 0.282. The largest absolute Gasteiger partial charge is 0.330 e. The molecule has 84 valence electrons. The lowest BCUT2D eigenvalue weighted by molar-refractivity contribution is 0.176. The van der Waals surface area contributed by atoms with E-state index >= 15 is 0 Å². The summed E-state index contributed by atoms with van der Waals surface area (Å²) in [6.45, 7) is 11.3. The van der Waals surface area contributed by atoms with E-state index in [1.807, 2.05) is 0 Å². The lowest BCUT2D eigenvalue weighted by atomic mass is 9.93. The molecular weight excluding hydrogens is 172 g/mol. The second kappa shape index (κ2) is 5.13. The molecule has 2 nitrogen and oxygen atoms in total. The van der Waals surface area contributed by atoms with Crippen molar-refractivity contribution in [3.05, 3.63) is 0 Å². The summed E-state index contributed by atoms with van der Waals surface area (Å²) in [5.41, 5.74) is 6.05. The molecular formula is C12H26N2. The van der Waals surface area contributed by atoms with Crippen molar-refractivity contribution in [3.63, 3.8) is 0 Å². The molecule has 1 rings (SSSR count).